The van der Waals surface area contributed by atoms with Crippen LogP contribution in [0.5, 0.6) is 0 Å². The zero-order valence-corrected chi connectivity index (χ0v) is 25.1. The molecular weight excluding hydrogens is 544 g/mol. The number of rotatable bonds is 7. The Morgan fingerprint density at radius 2 is 1.80 bits per heavy atom. The lowest BCUT2D eigenvalue weighted by Crippen LogP contribution is -2.29. The number of aromatic nitrogens is 4. The van der Waals surface area contributed by atoms with E-state index < -0.39 is 0 Å². The molecule has 7 heteroatoms. The smallest absolute Gasteiger partial charge is 0.280 e. The molecule has 8 rings (SSSR count). The zero-order chi connectivity index (χ0) is 29.8. The van der Waals surface area contributed by atoms with E-state index >= 15 is 0 Å². The van der Waals surface area contributed by atoms with Gasteiger partial charge >= 0.3 is 0 Å². The molecule has 5 aromatic rings. The molecular formula is C37H36N6O. The van der Waals surface area contributed by atoms with Gasteiger partial charge < -0.3 is 4.98 Å². The Morgan fingerprint density at radius 3 is 2.55 bits per heavy atom. The molecule has 1 aliphatic heterocycles. The molecule has 2 saturated carbocycles. The highest BCUT2D eigenvalue weighted by molar-refractivity contribution is 5.86. The van der Waals surface area contributed by atoms with E-state index in [-0.39, 0.29) is 5.56 Å². The number of H-pyrrole nitrogens is 1. The van der Waals surface area contributed by atoms with Gasteiger partial charge in [-0.2, -0.15) is 5.26 Å². The fourth-order valence-electron chi connectivity index (χ4n) is 6.86. The van der Waals surface area contributed by atoms with Gasteiger partial charge in [0.15, 0.2) is 0 Å². The lowest BCUT2D eigenvalue weighted by Gasteiger charge is -2.25. The Labute approximate surface area is 257 Å². The van der Waals surface area contributed by atoms with E-state index in [1.165, 1.54) is 24.8 Å². The third-order valence-corrected chi connectivity index (χ3v) is 9.54. The van der Waals surface area contributed by atoms with Crippen molar-refractivity contribution in [3.8, 4) is 34.3 Å². The van der Waals surface area contributed by atoms with Crippen LogP contribution < -0.4 is 5.56 Å². The van der Waals surface area contributed by atoms with Gasteiger partial charge in [-0.15, -0.1) is 0 Å². The molecule has 0 bridgehead atoms. The van der Waals surface area contributed by atoms with E-state index in [2.05, 4.69) is 34.3 Å². The third kappa shape index (κ3) is 5.03. The molecule has 3 fully saturated rings. The number of fused-ring (bicyclic) bond motifs is 1. The first-order valence-corrected chi connectivity index (χ1v) is 16.0. The highest BCUT2D eigenvalue weighted by Gasteiger charge is 2.30. The fourth-order valence-corrected chi connectivity index (χ4v) is 6.86. The number of piperidine rings is 1. The lowest BCUT2D eigenvalue weighted by molar-refractivity contribution is 0.219. The topological polar surface area (TPSA) is 90.6 Å². The highest BCUT2D eigenvalue weighted by atomic mass is 16.1. The Morgan fingerprint density at radius 1 is 0.977 bits per heavy atom. The van der Waals surface area contributed by atoms with Gasteiger partial charge in [-0.1, -0.05) is 18.6 Å². The first kappa shape index (κ1) is 27.0. The summed E-state index contributed by atoms with van der Waals surface area (Å²) >= 11 is 0. The number of likely N-dealkylation sites (tertiary alicyclic amines) is 1. The Hall–Kier alpha value is -4.54. The highest BCUT2D eigenvalue weighted by Crippen LogP contribution is 2.44. The second-order valence-corrected chi connectivity index (χ2v) is 12.9. The third-order valence-electron chi connectivity index (χ3n) is 9.54. The number of hydrogen-bond donors (Lipinski definition) is 1. The zero-order valence-electron chi connectivity index (χ0n) is 25.1. The molecule has 0 radical (unpaired) electrons. The molecule has 220 valence electrons. The van der Waals surface area contributed by atoms with Crippen LogP contribution in [-0.2, 0) is 6.54 Å². The molecule has 5 heterocycles. The molecule has 0 atom stereocenters. The van der Waals surface area contributed by atoms with Crippen molar-refractivity contribution in [1.82, 2.24) is 24.4 Å². The van der Waals surface area contributed by atoms with Crippen LogP contribution in [0.3, 0.4) is 0 Å². The number of aryl methyl sites for hydroxylation is 1. The number of nitriles is 1. The van der Waals surface area contributed by atoms with Crippen molar-refractivity contribution in [2.75, 3.05) is 13.1 Å². The minimum atomic E-state index is -0.0543. The van der Waals surface area contributed by atoms with Gasteiger partial charge in [-0.3, -0.25) is 19.2 Å². The maximum Gasteiger partial charge on any atom is 0.280 e. The summed E-state index contributed by atoms with van der Waals surface area (Å²) in [6.45, 7) is 5.13. The van der Waals surface area contributed by atoms with Crippen LogP contribution in [0.1, 0.15) is 84.9 Å². The van der Waals surface area contributed by atoms with Crippen LogP contribution in [0.25, 0.3) is 39.1 Å². The Kier molecular flexibility index (Phi) is 6.68. The van der Waals surface area contributed by atoms with E-state index in [0.717, 1.165) is 90.0 Å². The predicted molar refractivity (Wildman–Crippen MR) is 173 cm³/mol. The molecule has 44 heavy (non-hydrogen) atoms. The van der Waals surface area contributed by atoms with Gasteiger partial charge in [-0.25, -0.2) is 4.98 Å². The maximum absolute atomic E-state index is 14.2. The van der Waals surface area contributed by atoms with Crippen molar-refractivity contribution in [3.05, 3.63) is 99.4 Å². The summed E-state index contributed by atoms with van der Waals surface area (Å²) in [4.78, 5) is 30.1. The average molecular weight is 581 g/mol. The summed E-state index contributed by atoms with van der Waals surface area (Å²) in [6, 6.07) is 18.5. The van der Waals surface area contributed by atoms with Gasteiger partial charge in [0, 0.05) is 47.2 Å². The van der Waals surface area contributed by atoms with Crippen LogP contribution in [0.4, 0.5) is 0 Å². The van der Waals surface area contributed by atoms with Crippen LogP contribution in [0.2, 0.25) is 0 Å². The Balaban J connectivity index is 1.29. The van der Waals surface area contributed by atoms with Crippen molar-refractivity contribution in [3.63, 3.8) is 0 Å². The van der Waals surface area contributed by atoms with Crippen molar-refractivity contribution in [2.24, 2.45) is 0 Å². The Bertz CT molecular complexity index is 2000. The van der Waals surface area contributed by atoms with Gasteiger partial charge in [0.2, 0.25) is 0 Å². The van der Waals surface area contributed by atoms with Gasteiger partial charge in [0.05, 0.1) is 17.3 Å². The van der Waals surface area contributed by atoms with Crippen molar-refractivity contribution >= 4 is 10.9 Å². The number of nitrogens with zero attached hydrogens (tertiary/aromatic N) is 5. The van der Waals surface area contributed by atoms with Crippen LogP contribution >= 0.6 is 0 Å². The van der Waals surface area contributed by atoms with Gasteiger partial charge in [0.1, 0.15) is 11.3 Å². The average Bonchev–Trinajstić information content (AvgIpc) is 3.99. The van der Waals surface area contributed by atoms with E-state index in [0.29, 0.717) is 28.7 Å². The molecule has 0 spiro atoms. The molecule has 2 aliphatic carbocycles. The van der Waals surface area contributed by atoms with E-state index in [9.17, 15) is 10.1 Å². The van der Waals surface area contributed by atoms with Crippen molar-refractivity contribution < 1.29 is 0 Å². The van der Waals surface area contributed by atoms with E-state index in [4.69, 9.17) is 9.97 Å². The second-order valence-electron chi connectivity index (χ2n) is 12.9. The molecule has 1 N–H and O–H groups in total. The SMILES string of the molecule is Cc1cccnc1-c1cc(C#N)ccc1-c1cc(C2CC2)nc(-n2cc(C3CC3)c3cc(CN4CCCCC4)[nH]c3c2=O)c1. The molecule has 4 aromatic heterocycles. The standard InChI is InChI=1S/C37H36N6O/c1-23-6-5-13-39-35(23)30-16-24(20-38)7-12-29(30)27-17-33(26-10-11-26)41-34(18-27)43-22-32(25-8-9-25)31-19-28(40-36(31)37(43)44)21-42-14-3-2-4-15-42/h5-7,12-13,16-19,22,25-26,40H,2-4,8-11,14-15,21H2,1H3. The van der Waals surface area contributed by atoms with Crippen molar-refractivity contribution in [2.45, 2.75) is 70.3 Å². The summed E-state index contributed by atoms with van der Waals surface area (Å²) in [5, 5.41) is 10.8. The summed E-state index contributed by atoms with van der Waals surface area (Å²) in [5.41, 5.74) is 9.37. The molecule has 7 nitrogen and oxygen atoms in total. The number of pyridine rings is 3. The minimum absolute atomic E-state index is 0.0543. The van der Waals surface area contributed by atoms with Crippen LogP contribution in [0, 0.1) is 18.3 Å². The summed E-state index contributed by atoms with van der Waals surface area (Å²) in [7, 11) is 0. The minimum Gasteiger partial charge on any atom is -0.353 e. The molecule has 1 aromatic carbocycles. The molecule has 3 aliphatic rings. The molecule has 0 unspecified atom stereocenters. The van der Waals surface area contributed by atoms with Crippen LogP contribution in [0.15, 0.2) is 65.7 Å². The van der Waals surface area contributed by atoms with E-state index in [1.807, 2.05) is 43.3 Å². The number of hydrogen-bond acceptors (Lipinski definition) is 5. The molecule has 1 saturated heterocycles. The van der Waals surface area contributed by atoms with Crippen LogP contribution in [-0.4, -0.2) is 37.5 Å². The number of benzene rings is 1. The summed E-state index contributed by atoms with van der Waals surface area (Å²) in [6.07, 6.45) is 12.2. The predicted octanol–water partition coefficient (Wildman–Crippen LogP) is 7.36. The monoisotopic (exact) mass is 580 g/mol. The largest absolute Gasteiger partial charge is 0.353 e. The second kappa shape index (κ2) is 10.9. The normalized spacial score (nSPS) is 17.2. The quantitative estimate of drug-likeness (QED) is 0.217. The van der Waals surface area contributed by atoms with E-state index in [1.54, 1.807) is 10.8 Å². The summed E-state index contributed by atoms with van der Waals surface area (Å²) in [5.74, 6) is 1.53. The van der Waals surface area contributed by atoms with Gasteiger partial charge in [0.25, 0.3) is 5.56 Å². The molecule has 0 amide bonds. The van der Waals surface area contributed by atoms with Crippen molar-refractivity contribution in [1.29, 1.82) is 5.26 Å². The number of nitrogens with one attached hydrogen (secondary N) is 1. The first-order valence-electron chi connectivity index (χ1n) is 16.0. The summed E-state index contributed by atoms with van der Waals surface area (Å²) < 4.78 is 1.78. The fraction of sp³-hybridized carbons (Fsp3) is 0.351. The number of aromatic amines is 1. The lowest BCUT2D eigenvalue weighted by atomic mass is 9.93. The maximum atomic E-state index is 14.2. The van der Waals surface area contributed by atoms with Gasteiger partial charge in [-0.05, 0) is 123 Å². The first-order chi connectivity index (χ1) is 21.6.